The van der Waals surface area contributed by atoms with Crippen LogP contribution in [0.5, 0.6) is 0 Å². The molecule has 0 bridgehead atoms. The molecule has 5 rings (SSSR count). The van der Waals surface area contributed by atoms with Crippen LogP contribution in [0.15, 0.2) is 91.1 Å². The molecule has 170 valence electrons. The number of benzene rings is 2. The van der Waals surface area contributed by atoms with Gasteiger partial charge in [0.25, 0.3) is 0 Å². The van der Waals surface area contributed by atoms with E-state index in [-0.39, 0.29) is 5.78 Å². The molecule has 0 saturated heterocycles. The van der Waals surface area contributed by atoms with Crippen LogP contribution in [0.2, 0.25) is 0 Å². The van der Waals surface area contributed by atoms with Crippen LogP contribution in [0.1, 0.15) is 44.7 Å². The first kappa shape index (κ1) is 22.8. The van der Waals surface area contributed by atoms with E-state index in [4.69, 9.17) is 0 Å². The molecule has 0 amide bonds. The number of carbonyl (C=O) groups is 1. The molecule has 2 nitrogen and oxygen atoms in total. The van der Waals surface area contributed by atoms with Crippen molar-refractivity contribution >= 4 is 29.3 Å². The highest BCUT2D eigenvalue weighted by molar-refractivity contribution is 8.03. The highest BCUT2D eigenvalue weighted by atomic mass is 32.2. The third kappa shape index (κ3) is 3.58. The van der Waals surface area contributed by atoms with Crippen LogP contribution < -0.4 is 0 Å². The summed E-state index contributed by atoms with van der Waals surface area (Å²) in [5, 5.41) is 11.4. The van der Waals surface area contributed by atoms with E-state index in [9.17, 15) is 9.90 Å². The van der Waals surface area contributed by atoms with Gasteiger partial charge in [0.15, 0.2) is 5.78 Å². The van der Waals surface area contributed by atoms with Crippen LogP contribution in [-0.4, -0.2) is 22.2 Å². The van der Waals surface area contributed by atoms with Gasteiger partial charge in [0.05, 0.1) is 0 Å². The third-order valence-electron chi connectivity index (χ3n) is 7.66. The maximum absolute atomic E-state index is 13.8. The van der Waals surface area contributed by atoms with Crippen LogP contribution >= 0.6 is 23.5 Å². The van der Waals surface area contributed by atoms with E-state index in [1.165, 1.54) is 32.7 Å². The molecule has 2 aromatic rings. The number of Topliss-reactive ketones (excluding diaryl/α,β-unsaturated/α-hetero) is 1. The Labute approximate surface area is 205 Å². The summed E-state index contributed by atoms with van der Waals surface area (Å²) in [6.07, 6.45) is 1.76. The first-order valence-corrected chi connectivity index (χ1v) is 13.3. The van der Waals surface area contributed by atoms with Crippen molar-refractivity contribution in [3.05, 3.63) is 92.4 Å². The maximum atomic E-state index is 13.8. The molecule has 0 aliphatic heterocycles. The number of thioether (sulfide) groups is 2. The smallest absolute Gasteiger partial charge is 0.196 e. The Balaban J connectivity index is 1.60. The largest absolute Gasteiger partial charge is 0.381 e. The molecular weight excluding hydrogens is 444 g/mol. The fourth-order valence-corrected chi connectivity index (χ4v) is 7.36. The van der Waals surface area contributed by atoms with Gasteiger partial charge >= 0.3 is 0 Å². The van der Waals surface area contributed by atoms with E-state index < -0.39 is 11.0 Å². The second-order valence-electron chi connectivity index (χ2n) is 9.81. The Bertz CT molecular complexity index is 1240. The lowest BCUT2D eigenvalue weighted by Crippen LogP contribution is -2.49. The number of aryl methyl sites for hydroxylation is 2. The zero-order valence-corrected chi connectivity index (χ0v) is 21.5. The molecule has 3 aliphatic rings. The molecule has 1 fully saturated rings. The van der Waals surface area contributed by atoms with Crippen molar-refractivity contribution in [1.82, 2.24) is 0 Å². The summed E-state index contributed by atoms with van der Waals surface area (Å²) < 4.78 is 0. The fourth-order valence-electron chi connectivity index (χ4n) is 5.28. The molecule has 3 aliphatic carbocycles. The van der Waals surface area contributed by atoms with Gasteiger partial charge in [0.1, 0.15) is 5.60 Å². The molecule has 2 aromatic carbocycles. The predicted molar refractivity (Wildman–Crippen MR) is 139 cm³/mol. The third-order valence-corrected chi connectivity index (χ3v) is 9.92. The average Bonchev–Trinajstić information content (AvgIpc) is 3.56. The molecule has 4 heteroatoms. The van der Waals surface area contributed by atoms with Gasteiger partial charge in [-0.1, -0.05) is 52.7 Å². The van der Waals surface area contributed by atoms with Crippen molar-refractivity contribution in [2.24, 2.45) is 5.41 Å². The quantitative estimate of drug-likeness (QED) is 0.465. The monoisotopic (exact) mass is 474 g/mol. The van der Waals surface area contributed by atoms with E-state index in [0.29, 0.717) is 0 Å². The van der Waals surface area contributed by atoms with Gasteiger partial charge in [0, 0.05) is 31.4 Å². The Morgan fingerprint density at radius 1 is 0.848 bits per heavy atom. The normalized spacial score (nSPS) is 23.6. The van der Waals surface area contributed by atoms with E-state index in [2.05, 4.69) is 76.2 Å². The Hall–Kier alpha value is -2.01. The van der Waals surface area contributed by atoms with Crippen molar-refractivity contribution < 1.29 is 9.90 Å². The molecule has 1 spiro atoms. The van der Waals surface area contributed by atoms with E-state index in [0.717, 1.165) is 39.5 Å². The summed E-state index contributed by atoms with van der Waals surface area (Å²) in [5.74, 6) is 0.707. The first-order valence-electron chi connectivity index (χ1n) is 11.5. The summed E-state index contributed by atoms with van der Waals surface area (Å²) in [7, 11) is 0. The minimum absolute atomic E-state index is 0.107. The van der Waals surface area contributed by atoms with Crippen LogP contribution in [0, 0.1) is 19.3 Å². The second-order valence-corrected chi connectivity index (χ2v) is 11.9. The Kier molecular flexibility index (Phi) is 5.55. The number of ketones is 1. The van der Waals surface area contributed by atoms with E-state index in [1.54, 1.807) is 18.7 Å². The van der Waals surface area contributed by atoms with Crippen molar-refractivity contribution in [2.75, 3.05) is 5.75 Å². The van der Waals surface area contributed by atoms with Crippen LogP contribution in [0.4, 0.5) is 0 Å². The van der Waals surface area contributed by atoms with Crippen LogP contribution in [-0.2, 0) is 4.79 Å². The molecule has 1 N–H and O–H groups in total. The molecular formula is C29H30O2S2. The van der Waals surface area contributed by atoms with Gasteiger partial charge in [-0.2, -0.15) is 0 Å². The number of hydrogen-bond donors (Lipinski definition) is 1. The highest BCUT2D eigenvalue weighted by Crippen LogP contribution is 2.66. The lowest BCUT2D eigenvalue weighted by molar-refractivity contribution is -0.137. The van der Waals surface area contributed by atoms with E-state index in [1.807, 2.05) is 11.8 Å². The Morgan fingerprint density at radius 3 is 1.94 bits per heavy atom. The summed E-state index contributed by atoms with van der Waals surface area (Å²) in [6.45, 7) is 10.2. The standard InChI is InChI=1S/C29H30O2S2/c1-17-6-10-21(11-7-17)32-16-23-19(3)26(33-22-12-8-18(2)9-13-22)25-24(23)20(4)29(14-15-29)28(5,31)27(25)30/h6-13,31H,14-16H2,1-5H3/t28-/m0/s1. The van der Waals surface area contributed by atoms with Gasteiger partial charge in [-0.3, -0.25) is 4.79 Å². The molecule has 0 radical (unpaired) electrons. The number of fused-ring (bicyclic) bond motifs is 1. The number of aliphatic hydroxyl groups is 1. The highest BCUT2D eigenvalue weighted by Gasteiger charge is 2.65. The molecule has 1 atom stereocenters. The van der Waals surface area contributed by atoms with Crippen LogP contribution in [0.3, 0.4) is 0 Å². The zero-order chi connectivity index (χ0) is 23.5. The van der Waals surface area contributed by atoms with Gasteiger partial charge < -0.3 is 5.11 Å². The minimum atomic E-state index is -1.34. The van der Waals surface area contributed by atoms with Gasteiger partial charge in [-0.15, -0.1) is 11.8 Å². The topological polar surface area (TPSA) is 37.3 Å². The summed E-state index contributed by atoms with van der Waals surface area (Å²) in [5.41, 5.74) is 6.19. The minimum Gasteiger partial charge on any atom is -0.381 e. The average molecular weight is 475 g/mol. The molecule has 1 saturated carbocycles. The van der Waals surface area contributed by atoms with Crippen molar-refractivity contribution in [3.8, 4) is 0 Å². The number of allylic oxidation sites excluding steroid dienone is 2. The number of hydrogen-bond acceptors (Lipinski definition) is 4. The summed E-state index contributed by atoms with van der Waals surface area (Å²) >= 11 is 3.47. The lowest BCUT2D eigenvalue weighted by atomic mass is 9.67. The SMILES string of the molecule is CC1=C(CSc2ccc(C)cc2)C2=C(C)C3(CC3)[C@@](C)(O)C(=O)C2=C1Sc1ccc(C)cc1. The maximum Gasteiger partial charge on any atom is 0.196 e. The molecule has 33 heavy (non-hydrogen) atoms. The molecule has 0 aromatic heterocycles. The first-order chi connectivity index (χ1) is 15.7. The zero-order valence-electron chi connectivity index (χ0n) is 19.9. The lowest BCUT2D eigenvalue weighted by Gasteiger charge is -2.39. The number of carbonyl (C=O) groups excluding carboxylic acids is 1. The molecule has 0 heterocycles. The van der Waals surface area contributed by atoms with Gasteiger partial charge in [-0.25, -0.2) is 0 Å². The number of rotatable bonds is 5. The van der Waals surface area contributed by atoms with Crippen molar-refractivity contribution in [1.29, 1.82) is 0 Å². The fraction of sp³-hybridized carbons (Fsp3) is 0.345. The molecule has 0 unspecified atom stereocenters. The van der Waals surface area contributed by atoms with Crippen molar-refractivity contribution in [2.45, 2.75) is 62.9 Å². The van der Waals surface area contributed by atoms with E-state index >= 15 is 0 Å². The Morgan fingerprint density at radius 2 is 1.39 bits per heavy atom. The van der Waals surface area contributed by atoms with Crippen molar-refractivity contribution in [3.63, 3.8) is 0 Å². The predicted octanol–water partition coefficient (Wildman–Crippen LogP) is 7.20. The second kappa shape index (κ2) is 8.04. The summed E-state index contributed by atoms with van der Waals surface area (Å²) in [6, 6.07) is 17.1. The van der Waals surface area contributed by atoms with Gasteiger partial charge in [-0.05, 0) is 88.4 Å². The van der Waals surface area contributed by atoms with Gasteiger partial charge in [0.2, 0.25) is 0 Å². The summed E-state index contributed by atoms with van der Waals surface area (Å²) in [4.78, 5) is 17.2. The van der Waals surface area contributed by atoms with Crippen LogP contribution in [0.25, 0.3) is 0 Å².